The summed E-state index contributed by atoms with van der Waals surface area (Å²) in [6, 6.07) is 2.85. The average molecular weight is 332 g/mol. The summed E-state index contributed by atoms with van der Waals surface area (Å²) in [6.07, 6.45) is 0. The highest BCUT2D eigenvalue weighted by Gasteiger charge is 2.15. The molecule has 2 heterocycles. The molecule has 0 saturated carbocycles. The second kappa shape index (κ2) is 6.05. The number of nitrogens with one attached hydrogen (secondary N) is 2. The van der Waals surface area contributed by atoms with Crippen LogP contribution in [0.2, 0.25) is 10.0 Å². The Balaban J connectivity index is 1.75. The summed E-state index contributed by atoms with van der Waals surface area (Å²) >= 11 is 11.5. The van der Waals surface area contributed by atoms with Gasteiger partial charge in [0.15, 0.2) is 5.82 Å². The molecule has 1 aromatic carbocycles. The molecule has 112 valence electrons. The van der Waals surface area contributed by atoms with Gasteiger partial charge >= 0.3 is 0 Å². The lowest BCUT2D eigenvalue weighted by Crippen LogP contribution is -2.36. The SMILES string of the molecule is Fc1c(Cl)cc(Nc2n[nH]c(N3CCOCC3)n2)cc1Cl. The van der Waals surface area contributed by atoms with Crippen LogP contribution in [0.4, 0.5) is 22.0 Å². The van der Waals surface area contributed by atoms with Gasteiger partial charge in [0.05, 0.1) is 23.3 Å². The number of hydrogen-bond acceptors (Lipinski definition) is 5. The second-order valence-corrected chi connectivity index (χ2v) is 5.28. The number of anilines is 3. The number of halogens is 3. The number of morpholine rings is 1. The summed E-state index contributed by atoms with van der Waals surface area (Å²) in [7, 11) is 0. The third-order valence-electron chi connectivity index (χ3n) is 3.02. The van der Waals surface area contributed by atoms with Gasteiger partial charge in [-0.2, -0.15) is 4.98 Å². The standard InChI is InChI=1S/C12H12Cl2FN5O/c13-8-5-7(6-9(14)10(8)15)16-11-17-12(19-18-11)20-1-3-21-4-2-20/h5-6H,1-4H2,(H2,16,17,18,19). The quantitative estimate of drug-likeness (QED) is 0.846. The first kappa shape index (κ1) is 14.4. The monoisotopic (exact) mass is 331 g/mol. The van der Waals surface area contributed by atoms with Gasteiger partial charge in [-0.15, -0.1) is 5.10 Å². The third kappa shape index (κ3) is 3.20. The second-order valence-electron chi connectivity index (χ2n) is 4.46. The van der Waals surface area contributed by atoms with Crippen molar-refractivity contribution in [3.05, 3.63) is 28.0 Å². The predicted octanol–water partition coefficient (Wildman–Crippen LogP) is 2.83. The van der Waals surface area contributed by atoms with Crippen LogP contribution in [0.25, 0.3) is 0 Å². The first-order chi connectivity index (χ1) is 10.1. The number of hydrogen-bond donors (Lipinski definition) is 2. The van der Waals surface area contributed by atoms with E-state index in [1.807, 2.05) is 4.90 Å². The van der Waals surface area contributed by atoms with Crippen LogP contribution in [-0.4, -0.2) is 41.5 Å². The van der Waals surface area contributed by atoms with Gasteiger partial charge in [0.2, 0.25) is 11.9 Å². The van der Waals surface area contributed by atoms with Crippen LogP contribution in [0.15, 0.2) is 12.1 Å². The van der Waals surface area contributed by atoms with Crippen molar-refractivity contribution in [3.63, 3.8) is 0 Å². The molecule has 1 aliphatic rings. The number of nitrogens with zero attached hydrogens (tertiary/aromatic N) is 3. The minimum absolute atomic E-state index is 0.0612. The predicted molar refractivity (Wildman–Crippen MR) is 79.1 cm³/mol. The molecule has 0 radical (unpaired) electrons. The molecule has 0 amide bonds. The molecule has 21 heavy (non-hydrogen) atoms. The van der Waals surface area contributed by atoms with Crippen LogP contribution in [-0.2, 0) is 4.74 Å². The van der Waals surface area contributed by atoms with Gasteiger partial charge in [0.1, 0.15) is 0 Å². The summed E-state index contributed by atoms with van der Waals surface area (Å²) in [5.41, 5.74) is 0.513. The Morgan fingerprint density at radius 1 is 1.24 bits per heavy atom. The van der Waals surface area contributed by atoms with E-state index in [2.05, 4.69) is 20.5 Å². The van der Waals surface area contributed by atoms with Crippen LogP contribution < -0.4 is 10.2 Å². The van der Waals surface area contributed by atoms with Crippen molar-refractivity contribution in [1.82, 2.24) is 15.2 Å². The molecule has 9 heteroatoms. The zero-order valence-electron chi connectivity index (χ0n) is 10.9. The summed E-state index contributed by atoms with van der Waals surface area (Å²) in [6.45, 7) is 2.82. The molecular weight excluding hydrogens is 320 g/mol. The van der Waals surface area contributed by atoms with Gasteiger partial charge in [0, 0.05) is 18.8 Å². The van der Waals surface area contributed by atoms with Crippen molar-refractivity contribution in [3.8, 4) is 0 Å². The zero-order valence-corrected chi connectivity index (χ0v) is 12.4. The van der Waals surface area contributed by atoms with E-state index >= 15 is 0 Å². The van der Waals surface area contributed by atoms with Gasteiger partial charge in [-0.1, -0.05) is 23.2 Å². The fourth-order valence-corrected chi connectivity index (χ4v) is 2.47. The first-order valence-electron chi connectivity index (χ1n) is 6.30. The molecule has 0 spiro atoms. The minimum atomic E-state index is -0.645. The van der Waals surface area contributed by atoms with E-state index in [1.165, 1.54) is 12.1 Å². The van der Waals surface area contributed by atoms with Gasteiger partial charge in [-0.3, -0.25) is 0 Å². The number of rotatable bonds is 3. The number of aromatic nitrogens is 3. The fourth-order valence-electron chi connectivity index (χ4n) is 1.98. The van der Waals surface area contributed by atoms with Crippen LogP contribution in [0.1, 0.15) is 0 Å². The normalized spacial score (nSPS) is 15.3. The Bertz CT molecular complexity index is 621. The molecule has 1 fully saturated rings. The lowest BCUT2D eigenvalue weighted by Gasteiger charge is -2.25. The van der Waals surface area contributed by atoms with Crippen LogP contribution in [0, 0.1) is 5.82 Å². The maximum atomic E-state index is 13.3. The molecule has 1 saturated heterocycles. The minimum Gasteiger partial charge on any atom is -0.378 e. The number of benzene rings is 1. The van der Waals surface area contributed by atoms with E-state index in [0.29, 0.717) is 30.8 Å². The smallest absolute Gasteiger partial charge is 0.248 e. The van der Waals surface area contributed by atoms with Crippen molar-refractivity contribution in [1.29, 1.82) is 0 Å². The maximum Gasteiger partial charge on any atom is 0.248 e. The third-order valence-corrected chi connectivity index (χ3v) is 3.57. The highest BCUT2D eigenvalue weighted by Crippen LogP contribution is 2.28. The largest absolute Gasteiger partial charge is 0.378 e. The Morgan fingerprint density at radius 2 is 1.90 bits per heavy atom. The van der Waals surface area contributed by atoms with Crippen LogP contribution in [0.3, 0.4) is 0 Å². The molecule has 6 nitrogen and oxygen atoms in total. The van der Waals surface area contributed by atoms with E-state index in [9.17, 15) is 4.39 Å². The Morgan fingerprint density at radius 3 is 2.57 bits per heavy atom. The molecule has 2 aromatic rings. The Labute approximate surface area is 130 Å². The molecule has 0 atom stereocenters. The Kier molecular flexibility index (Phi) is 4.14. The van der Waals surface area contributed by atoms with Crippen LogP contribution in [0.5, 0.6) is 0 Å². The molecule has 0 bridgehead atoms. The van der Waals surface area contributed by atoms with E-state index in [-0.39, 0.29) is 10.0 Å². The molecule has 0 unspecified atom stereocenters. The van der Waals surface area contributed by atoms with Crippen LogP contribution >= 0.6 is 23.2 Å². The molecular formula is C12H12Cl2FN5O. The zero-order chi connectivity index (χ0) is 14.8. The number of H-pyrrole nitrogens is 1. The maximum absolute atomic E-state index is 13.3. The lowest BCUT2D eigenvalue weighted by molar-refractivity contribution is 0.122. The molecule has 3 rings (SSSR count). The molecule has 1 aliphatic heterocycles. The molecule has 1 aromatic heterocycles. The Hall–Kier alpha value is -1.57. The summed E-state index contributed by atoms with van der Waals surface area (Å²) < 4.78 is 18.6. The van der Waals surface area contributed by atoms with Crippen molar-refractivity contribution >= 4 is 40.8 Å². The van der Waals surface area contributed by atoms with E-state index < -0.39 is 5.82 Å². The van der Waals surface area contributed by atoms with Gasteiger partial charge in [0.25, 0.3) is 0 Å². The van der Waals surface area contributed by atoms with E-state index in [1.54, 1.807) is 0 Å². The van der Waals surface area contributed by atoms with Crippen molar-refractivity contribution in [2.24, 2.45) is 0 Å². The summed E-state index contributed by atoms with van der Waals surface area (Å²) in [5, 5.41) is 9.70. The molecule has 0 aliphatic carbocycles. The highest BCUT2D eigenvalue weighted by atomic mass is 35.5. The van der Waals surface area contributed by atoms with Crippen molar-refractivity contribution < 1.29 is 9.13 Å². The summed E-state index contributed by atoms with van der Waals surface area (Å²) in [4.78, 5) is 6.36. The van der Waals surface area contributed by atoms with Gasteiger partial charge < -0.3 is 15.0 Å². The topological polar surface area (TPSA) is 66.1 Å². The lowest BCUT2D eigenvalue weighted by atomic mass is 10.3. The van der Waals surface area contributed by atoms with E-state index in [4.69, 9.17) is 27.9 Å². The highest BCUT2D eigenvalue weighted by molar-refractivity contribution is 6.35. The van der Waals surface area contributed by atoms with E-state index in [0.717, 1.165) is 13.1 Å². The number of aromatic amines is 1. The van der Waals surface area contributed by atoms with Crippen molar-refractivity contribution in [2.45, 2.75) is 0 Å². The number of ether oxygens (including phenoxy) is 1. The average Bonchev–Trinajstić information content (AvgIpc) is 2.94. The summed E-state index contributed by atoms with van der Waals surface area (Å²) in [5.74, 6) is 0.364. The van der Waals surface area contributed by atoms with Gasteiger partial charge in [-0.05, 0) is 12.1 Å². The first-order valence-corrected chi connectivity index (χ1v) is 7.06. The van der Waals surface area contributed by atoms with Gasteiger partial charge in [-0.25, -0.2) is 9.49 Å². The molecule has 2 N–H and O–H groups in total. The van der Waals surface area contributed by atoms with Crippen molar-refractivity contribution in [2.75, 3.05) is 36.5 Å². The fraction of sp³-hybridized carbons (Fsp3) is 0.333.